The first-order chi connectivity index (χ1) is 18.2. The number of hydrogen-bond acceptors (Lipinski definition) is 9. The average Bonchev–Trinajstić information content (AvgIpc) is 2.90. The van der Waals surface area contributed by atoms with E-state index in [4.69, 9.17) is 27.9 Å². The van der Waals surface area contributed by atoms with Crippen LogP contribution in [0, 0.1) is 0 Å². The molecule has 0 saturated carbocycles. The molecule has 2 aromatic carbocycles. The van der Waals surface area contributed by atoms with Gasteiger partial charge in [0.2, 0.25) is 0 Å². The Morgan fingerprint density at radius 2 is 1.66 bits per heavy atom. The SMILES string of the molecule is O=C(O)CC(Nc1c(NCCN2CCOCC2)c(=O)c1=O)c1ccc(NC(=O)c2c(Cl)cncc2Cl)cc1. The fraction of sp³-hybridized carbons (Fsp3) is 0.320. The number of nitrogens with one attached hydrogen (secondary N) is 3. The van der Waals surface area contributed by atoms with Gasteiger partial charge in [0.1, 0.15) is 11.4 Å². The second kappa shape index (κ2) is 12.4. The number of benzene rings is 1. The number of pyridine rings is 1. The van der Waals surface area contributed by atoms with E-state index in [1.807, 2.05) is 0 Å². The van der Waals surface area contributed by atoms with Crippen molar-refractivity contribution in [3.63, 3.8) is 0 Å². The number of nitrogens with zero attached hydrogens (tertiary/aromatic N) is 2. The normalized spacial score (nSPS) is 14.7. The topological polar surface area (TPSA) is 150 Å². The third-order valence-electron chi connectivity index (χ3n) is 6.09. The van der Waals surface area contributed by atoms with Crippen molar-refractivity contribution in [3.05, 3.63) is 78.3 Å². The zero-order valence-corrected chi connectivity index (χ0v) is 21.6. The molecule has 0 aliphatic carbocycles. The molecule has 13 heteroatoms. The van der Waals surface area contributed by atoms with Crippen LogP contribution in [0.3, 0.4) is 0 Å². The largest absolute Gasteiger partial charge is 0.481 e. The molecule has 0 bridgehead atoms. The second-order valence-corrected chi connectivity index (χ2v) is 9.45. The van der Waals surface area contributed by atoms with E-state index in [0.717, 1.165) is 13.1 Å². The number of ether oxygens (including phenoxy) is 1. The number of carbonyl (C=O) groups is 2. The van der Waals surface area contributed by atoms with Crippen molar-refractivity contribution in [3.8, 4) is 0 Å². The minimum absolute atomic E-state index is 0.0579. The number of morpholine rings is 1. The van der Waals surface area contributed by atoms with Gasteiger partial charge in [-0.1, -0.05) is 35.3 Å². The highest BCUT2D eigenvalue weighted by Gasteiger charge is 2.26. The summed E-state index contributed by atoms with van der Waals surface area (Å²) in [6.07, 6.45) is 2.26. The van der Waals surface area contributed by atoms with Crippen LogP contribution < -0.4 is 26.8 Å². The molecule has 1 aromatic heterocycles. The lowest BCUT2D eigenvalue weighted by atomic mass is 10.0. The summed E-state index contributed by atoms with van der Waals surface area (Å²) in [5.74, 6) is -1.63. The number of rotatable bonds is 11. The molecular formula is C25H25Cl2N5O6. The Morgan fingerprint density at radius 1 is 1.03 bits per heavy atom. The van der Waals surface area contributed by atoms with Gasteiger partial charge in [-0.15, -0.1) is 0 Å². The van der Waals surface area contributed by atoms with Crippen molar-refractivity contribution >= 4 is 52.1 Å². The highest BCUT2D eigenvalue weighted by Crippen LogP contribution is 2.28. The summed E-state index contributed by atoms with van der Waals surface area (Å²) in [4.78, 5) is 54.6. The summed E-state index contributed by atoms with van der Waals surface area (Å²) < 4.78 is 5.32. The molecule has 1 aliphatic heterocycles. The zero-order valence-electron chi connectivity index (χ0n) is 20.1. The Kier molecular flexibility index (Phi) is 8.95. The van der Waals surface area contributed by atoms with Gasteiger partial charge in [-0.2, -0.15) is 0 Å². The van der Waals surface area contributed by atoms with Crippen molar-refractivity contribution < 1.29 is 19.4 Å². The number of aliphatic carboxylic acids is 1. The number of amides is 1. The molecule has 4 N–H and O–H groups in total. The summed E-state index contributed by atoms with van der Waals surface area (Å²) in [6, 6.07) is 5.59. The summed E-state index contributed by atoms with van der Waals surface area (Å²) >= 11 is 12.1. The molecule has 1 amide bonds. The van der Waals surface area contributed by atoms with Gasteiger partial charge in [-0.3, -0.25) is 29.1 Å². The average molecular weight is 562 g/mol. The lowest BCUT2D eigenvalue weighted by molar-refractivity contribution is -0.137. The Morgan fingerprint density at radius 3 is 2.29 bits per heavy atom. The van der Waals surface area contributed by atoms with Crippen LogP contribution in [0.15, 0.2) is 46.2 Å². The van der Waals surface area contributed by atoms with Crippen molar-refractivity contribution in [1.29, 1.82) is 0 Å². The predicted octanol–water partition coefficient (Wildman–Crippen LogP) is 2.61. The Labute approximate surface area is 227 Å². The maximum absolute atomic E-state index is 12.6. The fourth-order valence-electron chi connectivity index (χ4n) is 4.08. The quantitative estimate of drug-likeness (QED) is 0.257. The molecule has 1 saturated heterocycles. The van der Waals surface area contributed by atoms with Crippen molar-refractivity contribution in [2.45, 2.75) is 12.5 Å². The number of carboxylic acid groups (broad SMARTS) is 1. The maximum Gasteiger partial charge on any atom is 0.305 e. The molecule has 1 unspecified atom stereocenters. The minimum Gasteiger partial charge on any atom is -0.481 e. The predicted molar refractivity (Wildman–Crippen MR) is 144 cm³/mol. The molecule has 38 heavy (non-hydrogen) atoms. The summed E-state index contributed by atoms with van der Waals surface area (Å²) in [7, 11) is 0. The van der Waals surface area contributed by atoms with Gasteiger partial charge >= 0.3 is 5.97 Å². The van der Waals surface area contributed by atoms with Gasteiger partial charge in [0.15, 0.2) is 0 Å². The third kappa shape index (κ3) is 6.48. The first kappa shape index (κ1) is 27.5. The number of carbonyl (C=O) groups excluding carboxylic acids is 1. The molecule has 1 aliphatic rings. The van der Waals surface area contributed by atoms with Crippen LogP contribution in [-0.4, -0.2) is 66.3 Å². The van der Waals surface area contributed by atoms with Gasteiger partial charge in [0.05, 0.1) is 41.3 Å². The number of anilines is 3. The Hall–Kier alpha value is -3.51. The Balaban J connectivity index is 1.44. The minimum atomic E-state index is -1.10. The van der Waals surface area contributed by atoms with E-state index in [0.29, 0.717) is 37.6 Å². The molecule has 1 fully saturated rings. The summed E-state index contributed by atoms with van der Waals surface area (Å²) in [6.45, 7) is 4.00. The van der Waals surface area contributed by atoms with Gasteiger partial charge in [-0.05, 0) is 17.7 Å². The molecule has 4 rings (SSSR count). The van der Waals surface area contributed by atoms with E-state index in [1.165, 1.54) is 12.4 Å². The molecule has 0 radical (unpaired) electrons. The number of hydrogen-bond donors (Lipinski definition) is 4. The zero-order chi connectivity index (χ0) is 27.2. The van der Waals surface area contributed by atoms with Crippen molar-refractivity contribution in [2.75, 3.05) is 55.3 Å². The van der Waals surface area contributed by atoms with E-state index in [-0.39, 0.29) is 33.4 Å². The van der Waals surface area contributed by atoms with E-state index in [9.17, 15) is 24.3 Å². The first-order valence-electron chi connectivity index (χ1n) is 11.8. The number of carboxylic acids is 1. The van der Waals surface area contributed by atoms with Crippen LogP contribution in [0.2, 0.25) is 10.0 Å². The first-order valence-corrected chi connectivity index (χ1v) is 12.6. The van der Waals surface area contributed by atoms with Crippen LogP contribution in [0.25, 0.3) is 0 Å². The van der Waals surface area contributed by atoms with Crippen LogP contribution >= 0.6 is 23.2 Å². The summed E-state index contributed by atoms with van der Waals surface area (Å²) in [5.41, 5.74) is -0.115. The summed E-state index contributed by atoms with van der Waals surface area (Å²) in [5, 5.41) is 18.2. The highest BCUT2D eigenvalue weighted by molar-refractivity contribution is 6.40. The smallest absolute Gasteiger partial charge is 0.305 e. The molecule has 200 valence electrons. The third-order valence-corrected chi connectivity index (χ3v) is 6.67. The van der Waals surface area contributed by atoms with Crippen LogP contribution in [0.1, 0.15) is 28.4 Å². The lowest BCUT2D eigenvalue weighted by Gasteiger charge is -2.27. The van der Waals surface area contributed by atoms with Gasteiger partial charge < -0.3 is 25.8 Å². The maximum atomic E-state index is 12.6. The van der Waals surface area contributed by atoms with Crippen molar-refractivity contribution in [1.82, 2.24) is 9.88 Å². The molecule has 11 nitrogen and oxygen atoms in total. The number of halogens is 2. The molecule has 3 aromatic rings. The van der Waals surface area contributed by atoms with E-state index in [2.05, 4.69) is 25.8 Å². The van der Waals surface area contributed by atoms with Crippen LogP contribution in [0.4, 0.5) is 17.1 Å². The molecule has 1 atom stereocenters. The van der Waals surface area contributed by atoms with E-state index >= 15 is 0 Å². The standard InChI is InChI=1S/C25H25Cl2N5O6/c26-16-12-28-13-17(27)20(16)25(37)30-15-3-1-14(2-4-15)18(11-19(33)34)31-22-21(23(35)24(22)36)29-5-6-32-7-9-38-10-8-32/h1-4,12-13,18,29,31H,5-11H2,(H,30,37)(H,33,34). The van der Waals surface area contributed by atoms with Gasteiger partial charge in [0.25, 0.3) is 16.8 Å². The molecule has 0 spiro atoms. The fourth-order valence-corrected chi connectivity index (χ4v) is 4.62. The van der Waals surface area contributed by atoms with Crippen LogP contribution in [0.5, 0.6) is 0 Å². The highest BCUT2D eigenvalue weighted by atomic mass is 35.5. The molecular weight excluding hydrogens is 537 g/mol. The van der Waals surface area contributed by atoms with Crippen molar-refractivity contribution in [2.24, 2.45) is 0 Å². The van der Waals surface area contributed by atoms with E-state index in [1.54, 1.807) is 24.3 Å². The van der Waals surface area contributed by atoms with Gasteiger partial charge in [0, 0.05) is 44.3 Å². The Bertz CT molecular complexity index is 1360. The monoisotopic (exact) mass is 561 g/mol. The molecule has 2 heterocycles. The second-order valence-electron chi connectivity index (χ2n) is 8.64. The lowest BCUT2D eigenvalue weighted by Crippen LogP contribution is -2.42. The van der Waals surface area contributed by atoms with Gasteiger partial charge in [-0.25, -0.2) is 0 Å². The number of aromatic nitrogens is 1. The van der Waals surface area contributed by atoms with E-state index < -0.39 is 28.8 Å². The van der Waals surface area contributed by atoms with Crippen LogP contribution in [-0.2, 0) is 9.53 Å².